The summed E-state index contributed by atoms with van der Waals surface area (Å²) in [6, 6.07) is 23.1. The summed E-state index contributed by atoms with van der Waals surface area (Å²) < 4.78 is 0. The lowest BCUT2D eigenvalue weighted by molar-refractivity contribution is -0.117. The zero-order valence-electron chi connectivity index (χ0n) is 16.5. The van der Waals surface area contributed by atoms with Crippen LogP contribution in [0.5, 0.6) is 0 Å². The Hall–Kier alpha value is -4.46. The van der Waals surface area contributed by atoms with Crippen molar-refractivity contribution in [2.24, 2.45) is 5.73 Å². The summed E-state index contributed by atoms with van der Waals surface area (Å²) in [6.45, 7) is -0.402. The number of hydrogen-bond donors (Lipinski definition) is 4. The SMILES string of the molecule is N=C(N)c1ccc(NC(=O)CN(NC(=O)c2ccccc2)C(=O)c2ccccc2)cc1. The van der Waals surface area contributed by atoms with Crippen LogP contribution in [-0.4, -0.2) is 35.1 Å². The third-order valence-electron chi connectivity index (χ3n) is 4.32. The van der Waals surface area contributed by atoms with E-state index in [4.69, 9.17) is 11.1 Å². The van der Waals surface area contributed by atoms with E-state index in [9.17, 15) is 14.4 Å². The lowest BCUT2D eigenvalue weighted by atomic mass is 10.2. The van der Waals surface area contributed by atoms with Crippen LogP contribution in [0.3, 0.4) is 0 Å². The maximum Gasteiger partial charge on any atom is 0.272 e. The van der Waals surface area contributed by atoms with Crippen molar-refractivity contribution in [1.29, 1.82) is 5.41 Å². The molecule has 0 aliphatic rings. The molecule has 0 fully saturated rings. The first-order valence-corrected chi connectivity index (χ1v) is 9.41. The van der Waals surface area contributed by atoms with Crippen LogP contribution in [0, 0.1) is 5.41 Å². The van der Waals surface area contributed by atoms with Crippen molar-refractivity contribution in [1.82, 2.24) is 10.4 Å². The summed E-state index contributed by atoms with van der Waals surface area (Å²) in [7, 11) is 0. The summed E-state index contributed by atoms with van der Waals surface area (Å²) in [6.07, 6.45) is 0. The van der Waals surface area contributed by atoms with Crippen LogP contribution in [0.15, 0.2) is 84.9 Å². The number of nitrogens with two attached hydrogens (primary N) is 1. The second-order valence-corrected chi connectivity index (χ2v) is 6.60. The fraction of sp³-hybridized carbons (Fsp3) is 0.0435. The Labute approximate surface area is 179 Å². The van der Waals surface area contributed by atoms with Crippen LogP contribution in [-0.2, 0) is 4.79 Å². The van der Waals surface area contributed by atoms with Gasteiger partial charge in [-0.3, -0.25) is 25.2 Å². The summed E-state index contributed by atoms with van der Waals surface area (Å²) in [4.78, 5) is 38.0. The van der Waals surface area contributed by atoms with E-state index in [-0.39, 0.29) is 5.84 Å². The Morgan fingerprint density at radius 3 is 1.87 bits per heavy atom. The zero-order valence-corrected chi connectivity index (χ0v) is 16.5. The van der Waals surface area contributed by atoms with Crippen LogP contribution in [0.2, 0.25) is 0 Å². The minimum atomic E-state index is -0.521. The number of benzene rings is 3. The van der Waals surface area contributed by atoms with Crippen molar-refractivity contribution in [3.8, 4) is 0 Å². The van der Waals surface area contributed by atoms with Crippen molar-refractivity contribution in [2.75, 3.05) is 11.9 Å². The number of hydrogen-bond acceptors (Lipinski definition) is 4. The number of amides is 3. The third kappa shape index (κ3) is 5.77. The van der Waals surface area contributed by atoms with Gasteiger partial charge in [-0.2, -0.15) is 0 Å². The average molecular weight is 415 g/mol. The molecule has 0 spiro atoms. The Kier molecular flexibility index (Phi) is 6.74. The first-order chi connectivity index (χ1) is 14.9. The highest BCUT2D eigenvalue weighted by Crippen LogP contribution is 2.10. The van der Waals surface area contributed by atoms with Gasteiger partial charge in [0.05, 0.1) is 0 Å². The molecule has 3 aromatic rings. The molecule has 0 radical (unpaired) electrons. The molecular formula is C23H21N5O3. The number of nitrogen functional groups attached to an aromatic ring is 1. The number of anilines is 1. The van der Waals surface area contributed by atoms with Crippen molar-refractivity contribution >= 4 is 29.2 Å². The van der Waals surface area contributed by atoms with Gasteiger partial charge in [-0.15, -0.1) is 0 Å². The van der Waals surface area contributed by atoms with Gasteiger partial charge in [0.15, 0.2) is 0 Å². The normalized spacial score (nSPS) is 10.1. The molecule has 0 heterocycles. The summed E-state index contributed by atoms with van der Waals surface area (Å²) in [5.74, 6) is -1.62. The molecular weight excluding hydrogens is 394 g/mol. The lowest BCUT2D eigenvalue weighted by Gasteiger charge is -2.23. The molecule has 0 aliphatic heterocycles. The Morgan fingerprint density at radius 2 is 1.32 bits per heavy atom. The standard InChI is InChI=1S/C23H21N5O3/c24-21(25)16-11-13-19(14-12-16)26-20(29)15-28(23(31)18-9-5-2-6-10-18)27-22(30)17-7-3-1-4-8-17/h1-14H,15H2,(H3,24,25)(H,26,29)(H,27,30). The van der Waals surface area contributed by atoms with E-state index in [2.05, 4.69) is 10.7 Å². The molecule has 156 valence electrons. The highest BCUT2D eigenvalue weighted by Gasteiger charge is 2.21. The largest absolute Gasteiger partial charge is 0.384 e. The molecule has 3 amide bonds. The van der Waals surface area contributed by atoms with Gasteiger partial charge in [-0.1, -0.05) is 36.4 Å². The van der Waals surface area contributed by atoms with Crippen LogP contribution in [0.4, 0.5) is 5.69 Å². The number of hydrazine groups is 1. The van der Waals surface area contributed by atoms with Gasteiger partial charge >= 0.3 is 0 Å². The van der Waals surface area contributed by atoms with Gasteiger partial charge in [0.25, 0.3) is 11.8 Å². The molecule has 0 saturated carbocycles. The molecule has 0 unspecified atom stereocenters. The molecule has 0 bridgehead atoms. The van der Waals surface area contributed by atoms with Crippen molar-refractivity contribution in [3.05, 3.63) is 102 Å². The zero-order chi connectivity index (χ0) is 22.2. The molecule has 3 aromatic carbocycles. The maximum atomic E-state index is 12.9. The molecule has 31 heavy (non-hydrogen) atoms. The van der Waals surface area contributed by atoms with E-state index in [1.54, 1.807) is 84.9 Å². The van der Waals surface area contributed by atoms with E-state index in [0.717, 1.165) is 5.01 Å². The van der Waals surface area contributed by atoms with Gasteiger partial charge in [0, 0.05) is 22.4 Å². The summed E-state index contributed by atoms with van der Waals surface area (Å²) in [5.41, 5.74) is 9.61. The van der Waals surface area contributed by atoms with Crippen molar-refractivity contribution in [2.45, 2.75) is 0 Å². The number of rotatable bonds is 6. The minimum Gasteiger partial charge on any atom is -0.384 e. The highest BCUT2D eigenvalue weighted by molar-refractivity contribution is 6.02. The molecule has 3 rings (SSSR count). The number of nitrogens with zero attached hydrogens (tertiary/aromatic N) is 1. The summed E-state index contributed by atoms with van der Waals surface area (Å²) in [5, 5.41) is 11.0. The smallest absolute Gasteiger partial charge is 0.272 e. The molecule has 8 nitrogen and oxygen atoms in total. The number of carbonyl (C=O) groups excluding carboxylic acids is 3. The Morgan fingerprint density at radius 1 is 0.774 bits per heavy atom. The fourth-order valence-electron chi connectivity index (χ4n) is 2.75. The van der Waals surface area contributed by atoms with Gasteiger partial charge in [-0.05, 0) is 48.5 Å². The number of nitrogens with one attached hydrogen (secondary N) is 3. The Bertz CT molecular complexity index is 1080. The third-order valence-corrected chi connectivity index (χ3v) is 4.32. The number of carbonyl (C=O) groups is 3. The monoisotopic (exact) mass is 415 g/mol. The van der Waals surface area contributed by atoms with E-state index in [1.807, 2.05) is 0 Å². The van der Waals surface area contributed by atoms with Crippen molar-refractivity contribution in [3.63, 3.8) is 0 Å². The topological polar surface area (TPSA) is 128 Å². The molecule has 0 saturated heterocycles. The van der Waals surface area contributed by atoms with E-state index in [0.29, 0.717) is 22.4 Å². The molecule has 0 aromatic heterocycles. The lowest BCUT2D eigenvalue weighted by Crippen LogP contribution is -2.49. The molecule has 8 heteroatoms. The van der Waals surface area contributed by atoms with E-state index in [1.165, 1.54) is 0 Å². The molecule has 0 atom stereocenters. The highest BCUT2D eigenvalue weighted by atomic mass is 16.2. The molecule has 0 aliphatic carbocycles. The molecule has 5 N–H and O–H groups in total. The quantitative estimate of drug-likeness (QED) is 0.280. The maximum absolute atomic E-state index is 12.9. The fourth-order valence-corrected chi connectivity index (χ4v) is 2.75. The average Bonchev–Trinajstić information content (AvgIpc) is 2.79. The van der Waals surface area contributed by atoms with Gasteiger partial charge in [0.2, 0.25) is 5.91 Å². The van der Waals surface area contributed by atoms with Gasteiger partial charge in [-0.25, -0.2) is 5.01 Å². The first kappa shape index (κ1) is 21.3. The predicted octanol–water partition coefficient (Wildman–Crippen LogP) is 2.40. The van der Waals surface area contributed by atoms with E-state index >= 15 is 0 Å². The van der Waals surface area contributed by atoms with Crippen molar-refractivity contribution < 1.29 is 14.4 Å². The van der Waals surface area contributed by atoms with E-state index < -0.39 is 24.3 Å². The summed E-state index contributed by atoms with van der Waals surface area (Å²) >= 11 is 0. The van der Waals surface area contributed by atoms with Crippen LogP contribution < -0.4 is 16.5 Å². The predicted molar refractivity (Wildman–Crippen MR) is 117 cm³/mol. The van der Waals surface area contributed by atoms with Gasteiger partial charge < -0.3 is 11.1 Å². The second-order valence-electron chi connectivity index (χ2n) is 6.60. The first-order valence-electron chi connectivity index (χ1n) is 9.41. The van der Waals surface area contributed by atoms with Crippen LogP contribution >= 0.6 is 0 Å². The van der Waals surface area contributed by atoms with Crippen LogP contribution in [0.1, 0.15) is 26.3 Å². The van der Waals surface area contributed by atoms with Gasteiger partial charge in [0.1, 0.15) is 12.4 Å². The number of amidine groups is 1. The Balaban J connectivity index is 1.75. The minimum absolute atomic E-state index is 0.0823. The second kappa shape index (κ2) is 9.84. The van der Waals surface area contributed by atoms with Crippen LogP contribution in [0.25, 0.3) is 0 Å².